The van der Waals surface area contributed by atoms with Crippen LogP contribution in [0.4, 0.5) is 13.2 Å². The average molecular weight is 700 g/mol. The number of hydrogen-bond acceptors (Lipinski definition) is 7. The highest BCUT2D eigenvalue weighted by Gasteiger charge is 2.41. The van der Waals surface area contributed by atoms with E-state index in [2.05, 4.69) is 15.1 Å². The molecule has 1 unspecified atom stereocenters. The van der Waals surface area contributed by atoms with Crippen LogP contribution >= 0.6 is 0 Å². The van der Waals surface area contributed by atoms with Crippen molar-refractivity contribution < 1.29 is 36.3 Å². The number of carboxylic acids is 1. The third kappa shape index (κ3) is 9.79. The largest absolute Gasteiger partial charge is 0.490 e. The molecule has 11 nitrogen and oxygen atoms in total. The van der Waals surface area contributed by atoms with E-state index in [4.69, 9.17) is 9.90 Å². The zero-order valence-electron chi connectivity index (χ0n) is 27.9. The molecule has 3 aliphatic heterocycles. The lowest BCUT2D eigenvalue weighted by Crippen LogP contribution is -2.51. The number of benzene rings is 1. The first-order valence-electron chi connectivity index (χ1n) is 16.7. The summed E-state index contributed by atoms with van der Waals surface area (Å²) in [6, 6.07) is 10.6. The maximum absolute atomic E-state index is 13.3. The number of nitrogens with zero attached hydrogens (tertiary/aromatic N) is 4. The number of hydrogen-bond donors (Lipinski definition) is 2. The third-order valence-corrected chi connectivity index (χ3v) is 10.9. The summed E-state index contributed by atoms with van der Waals surface area (Å²) in [7, 11) is -3.06. The summed E-state index contributed by atoms with van der Waals surface area (Å²) in [5, 5.41) is 11.3. The maximum atomic E-state index is 13.3. The molecule has 1 amide bonds. The molecule has 2 bridgehead atoms. The second-order valence-corrected chi connectivity index (χ2v) is 15.4. The molecule has 0 radical (unpaired) electrons. The Morgan fingerprint density at radius 2 is 1.52 bits per heavy atom. The summed E-state index contributed by atoms with van der Waals surface area (Å²) in [6.45, 7) is 9.00. The van der Waals surface area contributed by atoms with Gasteiger partial charge in [0.05, 0.1) is 11.8 Å². The van der Waals surface area contributed by atoms with E-state index in [1.807, 2.05) is 38.1 Å². The number of amides is 1. The highest BCUT2D eigenvalue weighted by atomic mass is 32.2. The summed E-state index contributed by atoms with van der Waals surface area (Å²) >= 11 is 0. The quantitative estimate of drug-likeness (QED) is 0.336. The molecule has 0 aliphatic carbocycles. The van der Waals surface area contributed by atoms with Crippen molar-refractivity contribution in [1.29, 1.82) is 0 Å². The fourth-order valence-electron chi connectivity index (χ4n) is 7.25. The molecule has 15 heteroatoms. The molecule has 2 N–H and O–H groups in total. The van der Waals surface area contributed by atoms with E-state index in [9.17, 15) is 31.2 Å². The second-order valence-electron chi connectivity index (χ2n) is 13.4. The van der Waals surface area contributed by atoms with Crippen molar-refractivity contribution in [3.8, 4) is 0 Å². The Hall–Kier alpha value is -3.01. The molecule has 2 aromatic rings. The minimum Gasteiger partial charge on any atom is -0.475 e. The third-order valence-electron chi connectivity index (χ3n) is 9.61. The molecule has 5 rings (SSSR count). The Kier molecular flexibility index (Phi) is 12.7. The Labute approximate surface area is 280 Å². The van der Waals surface area contributed by atoms with Gasteiger partial charge in [0.25, 0.3) is 11.5 Å². The number of unbranched alkanes of at least 4 members (excludes halogenated alkanes) is 3. The SMILES string of the molecule is CC(C)n1c(=O)c(C(=O)NC2C[C@H]3CC[C@@H](C2)N3CCCCCCN2CCN(S(C)(=O)=O)CC2)cc2ccccc21.O=C(O)C(F)(F)F. The number of sulfonamides is 1. The van der Waals surface area contributed by atoms with Crippen LogP contribution in [0.3, 0.4) is 0 Å². The van der Waals surface area contributed by atoms with Gasteiger partial charge in [-0.3, -0.25) is 14.5 Å². The van der Waals surface area contributed by atoms with Crippen LogP contribution in [-0.4, -0.2) is 114 Å². The van der Waals surface area contributed by atoms with E-state index in [0.717, 1.165) is 56.3 Å². The van der Waals surface area contributed by atoms with Crippen molar-refractivity contribution in [2.24, 2.45) is 0 Å². The first-order valence-corrected chi connectivity index (χ1v) is 18.6. The Morgan fingerprint density at radius 3 is 2.06 bits per heavy atom. The molecule has 3 aliphatic rings. The predicted octanol–water partition coefficient (Wildman–Crippen LogP) is 4.08. The molecule has 0 saturated carbocycles. The normalized spacial score (nSPS) is 22.4. The number of halogens is 3. The lowest BCUT2D eigenvalue weighted by Gasteiger charge is -2.39. The van der Waals surface area contributed by atoms with Gasteiger partial charge in [-0.2, -0.15) is 17.5 Å². The minimum absolute atomic E-state index is 0.0307. The van der Waals surface area contributed by atoms with Gasteiger partial charge in [0.2, 0.25) is 10.0 Å². The molecule has 3 saturated heterocycles. The summed E-state index contributed by atoms with van der Waals surface area (Å²) in [4.78, 5) is 40.6. The fraction of sp³-hybridized carbons (Fsp3) is 0.667. The highest BCUT2D eigenvalue weighted by Crippen LogP contribution is 2.36. The van der Waals surface area contributed by atoms with Gasteiger partial charge < -0.3 is 19.9 Å². The molecule has 1 aromatic heterocycles. The Bertz CT molecular complexity index is 1580. The van der Waals surface area contributed by atoms with E-state index in [-0.39, 0.29) is 29.1 Å². The number of fused-ring (bicyclic) bond motifs is 3. The number of carbonyl (C=O) groups excluding carboxylic acids is 1. The number of nitrogens with one attached hydrogen (secondary N) is 1. The molecule has 48 heavy (non-hydrogen) atoms. The van der Waals surface area contributed by atoms with Crippen LogP contribution in [0.1, 0.15) is 81.6 Å². The smallest absolute Gasteiger partial charge is 0.475 e. The number of para-hydroxylation sites is 1. The van der Waals surface area contributed by atoms with Gasteiger partial charge in [-0.15, -0.1) is 0 Å². The van der Waals surface area contributed by atoms with Crippen LogP contribution < -0.4 is 10.9 Å². The predicted molar refractivity (Wildman–Crippen MR) is 178 cm³/mol. The van der Waals surface area contributed by atoms with Gasteiger partial charge >= 0.3 is 12.1 Å². The zero-order chi connectivity index (χ0) is 35.2. The summed E-state index contributed by atoms with van der Waals surface area (Å²) in [5.41, 5.74) is 0.889. The van der Waals surface area contributed by atoms with Crippen LogP contribution in [0.25, 0.3) is 10.9 Å². The first kappa shape index (κ1) is 37.8. The van der Waals surface area contributed by atoms with E-state index < -0.39 is 22.2 Å². The second kappa shape index (κ2) is 16.1. The van der Waals surface area contributed by atoms with Gasteiger partial charge in [-0.25, -0.2) is 13.2 Å². The van der Waals surface area contributed by atoms with Crippen LogP contribution in [0.5, 0.6) is 0 Å². The average Bonchev–Trinajstić information content (AvgIpc) is 3.24. The van der Waals surface area contributed by atoms with Gasteiger partial charge in [0.1, 0.15) is 5.56 Å². The number of piperidine rings is 1. The summed E-state index contributed by atoms with van der Waals surface area (Å²) in [6.07, 6.45) is 5.26. The summed E-state index contributed by atoms with van der Waals surface area (Å²) < 4.78 is 58.4. The molecule has 1 aromatic carbocycles. The standard InChI is InChI=1S/C31H47N5O4S.C2HF3O2/c1-23(2)36-29-11-7-6-10-24(29)20-28(31(36)38)30(37)32-25-21-26-12-13-27(22-25)35(26)15-9-5-4-8-14-33-16-18-34(19-17-33)41(3,39)40;3-2(4,5)1(6)7/h6-7,10-11,20,23,25-27H,4-5,8-9,12-19,21-22H2,1-3H3,(H,32,37);(H,6,7)/t25?,26-,27+;. The molecule has 0 spiro atoms. The molecular formula is C33H48F3N5O6S. The molecular weight excluding hydrogens is 651 g/mol. The Balaban J connectivity index is 0.000000671. The van der Waals surface area contributed by atoms with Crippen molar-refractivity contribution in [1.82, 2.24) is 24.0 Å². The van der Waals surface area contributed by atoms with Crippen molar-refractivity contribution in [3.63, 3.8) is 0 Å². The zero-order valence-corrected chi connectivity index (χ0v) is 28.7. The van der Waals surface area contributed by atoms with Crippen molar-refractivity contribution in [2.75, 3.05) is 45.5 Å². The number of pyridine rings is 1. The lowest BCUT2D eigenvalue weighted by molar-refractivity contribution is -0.192. The maximum Gasteiger partial charge on any atom is 0.490 e. The van der Waals surface area contributed by atoms with Crippen molar-refractivity contribution >= 4 is 32.8 Å². The Morgan fingerprint density at radius 1 is 0.958 bits per heavy atom. The molecule has 4 heterocycles. The van der Waals surface area contributed by atoms with Crippen LogP contribution in [0.2, 0.25) is 0 Å². The van der Waals surface area contributed by atoms with Crippen LogP contribution in [0, 0.1) is 0 Å². The van der Waals surface area contributed by atoms with E-state index >= 15 is 0 Å². The number of carboxylic acid groups (broad SMARTS) is 1. The number of carbonyl (C=O) groups is 2. The van der Waals surface area contributed by atoms with E-state index in [1.54, 1.807) is 14.9 Å². The van der Waals surface area contributed by atoms with Gasteiger partial charge in [0.15, 0.2) is 0 Å². The number of rotatable bonds is 11. The monoisotopic (exact) mass is 699 g/mol. The molecule has 3 atom stereocenters. The van der Waals surface area contributed by atoms with Crippen molar-refractivity contribution in [3.05, 3.63) is 46.2 Å². The summed E-state index contributed by atoms with van der Waals surface area (Å²) in [5.74, 6) is -3.00. The van der Waals surface area contributed by atoms with E-state index in [1.165, 1.54) is 38.4 Å². The first-order chi connectivity index (χ1) is 22.6. The number of aromatic nitrogens is 1. The molecule has 3 fully saturated rings. The van der Waals surface area contributed by atoms with Gasteiger partial charge in [-0.1, -0.05) is 31.0 Å². The highest BCUT2D eigenvalue weighted by molar-refractivity contribution is 7.88. The van der Waals surface area contributed by atoms with Gasteiger partial charge in [0, 0.05) is 50.3 Å². The van der Waals surface area contributed by atoms with Crippen LogP contribution in [0.15, 0.2) is 35.1 Å². The van der Waals surface area contributed by atoms with Crippen molar-refractivity contribution in [2.45, 2.75) is 95.6 Å². The number of alkyl halides is 3. The fourth-order valence-corrected chi connectivity index (χ4v) is 8.08. The topological polar surface area (TPSA) is 132 Å². The van der Waals surface area contributed by atoms with Gasteiger partial charge in [-0.05, 0) is 83.0 Å². The van der Waals surface area contributed by atoms with E-state index in [0.29, 0.717) is 25.2 Å². The number of piperazine rings is 1. The minimum atomic E-state index is -5.08. The number of aliphatic carboxylic acids is 1. The lowest BCUT2D eigenvalue weighted by atomic mass is 9.96. The van der Waals surface area contributed by atoms with Crippen LogP contribution in [-0.2, 0) is 14.8 Å². The molecule has 268 valence electrons.